The Hall–Kier alpha value is -2.46. The van der Waals surface area contributed by atoms with E-state index in [0.29, 0.717) is 36.0 Å². The molecule has 1 aliphatic heterocycles. The first-order chi connectivity index (χ1) is 14.6. The number of rotatable bonds is 10. The molecule has 1 aromatic carbocycles. The van der Waals surface area contributed by atoms with Crippen molar-refractivity contribution in [3.8, 4) is 11.5 Å². The van der Waals surface area contributed by atoms with E-state index in [9.17, 15) is 24.6 Å². The van der Waals surface area contributed by atoms with E-state index in [4.69, 9.17) is 9.47 Å². The molecule has 1 fully saturated rings. The van der Waals surface area contributed by atoms with Gasteiger partial charge in [0.25, 0.3) is 0 Å². The Morgan fingerprint density at radius 1 is 1.26 bits per heavy atom. The lowest BCUT2D eigenvalue weighted by Gasteiger charge is -2.42. The molecule has 31 heavy (non-hydrogen) atoms. The van der Waals surface area contributed by atoms with Gasteiger partial charge in [-0.05, 0) is 50.5 Å². The number of carbonyl (C=O) groups excluding carboxylic acids is 1. The van der Waals surface area contributed by atoms with Crippen LogP contribution in [-0.2, 0) is 20.8 Å². The average molecular weight is 455 g/mol. The fourth-order valence-corrected chi connectivity index (χ4v) is 4.68. The van der Waals surface area contributed by atoms with Crippen molar-refractivity contribution in [1.82, 2.24) is 10.2 Å². The van der Waals surface area contributed by atoms with Crippen LogP contribution in [0.25, 0.3) is 0 Å². The quantitative estimate of drug-likeness (QED) is 0.482. The number of amides is 1. The second kappa shape index (κ2) is 10.7. The predicted molar refractivity (Wildman–Crippen MR) is 117 cm³/mol. The van der Waals surface area contributed by atoms with E-state index < -0.39 is 35.5 Å². The third-order valence-corrected chi connectivity index (χ3v) is 6.71. The van der Waals surface area contributed by atoms with Gasteiger partial charge >= 0.3 is 11.9 Å². The van der Waals surface area contributed by atoms with Crippen molar-refractivity contribution in [2.75, 3.05) is 32.3 Å². The molecule has 1 aliphatic rings. The van der Waals surface area contributed by atoms with Crippen molar-refractivity contribution in [2.45, 2.75) is 44.3 Å². The summed E-state index contributed by atoms with van der Waals surface area (Å²) in [4.78, 5) is 37.9. The first-order valence-corrected chi connectivity index (χ1v) is 11.1. The highest BCUT2D eigenvalue weighted by atomic mass is 32.2. The maximum absolute atomic E-state index is 13.0. The number of aryl methyl sites for hydroxylation is 1. The summed E-state index contributed by atoms with van der Waals surface area (Å²) < 4.78 is 10.6. The summed E-state index contributed by atoms with van der Waals surface area (Å²) in [5.74, 6) is -0.391. The number of nitrogens with zero attached hydrogens (tertiary/aromatic N) is 1. The summed E-state index contributed by atoms with van der Waals surface area (Å²) in [5, 5.41) is 22.2. The molecule has 0 aromatic heterocycles. The molecular weight excluding hydrogens is 424 g/mol. The molecule has 0 saturated carbocycles. The summed E-state index contributed by atoms with van der Waals surface area (Å²) in [5.41, 5.74) is -0.525. The van der Waals surface area contributed by atoms with Crippen molar-refractivity contribution >= 4 is 29.6 Å². The fraction of sp³-hybridized carbons (Fsp3) is 0.571. The molecule has 1 saturated heterocycles. The smallest absolute Gasteiger partial charge is 0.330 e. The Morgan fingerprint density at radius 2 is 1.97 bits per heavy atom. The minimum absolute atomic E-state index is 0.211. The third kappa shape index (κ3) is 5.82. The Kier molecular flexibility index (Phi) is 8.58. The molecule has 1 aromatic rings. The number of thioether (sulfide) groups is 1. The molecule has 0 radical (unpaired) electrons. The maximum atomic E-state index is 13.0. The van der Waals surface area contributed by atoms with Crippen molar-refractivity contribution < 1.29 is 34.1 Å². The van der Waals surface area contributed by atoms with Crippen LogP contribution in [0.4, 0.5) is 0 Å². The molecule has 2 rings (SSSR count). The van der Waals surface area contributed by atoms with Crippen LogP contribution in [0.3, 0.4) is 0 Å². The molecule has 0 spiro atoms. The number of aliphatic carboxylic acids is 2. The second-order valence-electron chi connectivity index (χ2n) is 7.62. The van der Waals surface area contributed by atoms with Crippen LogP contribution in [-0.4, -0.2) is 82.9 Å². The molecule has 1 heterocycles. The average Bonchev–Trinajstić information content (AvgIpc) is 2.75. The van der Waals surface area contributed by atoms with Crippen molar-refractivity contribution in [3.05, 3.63) is 23.8 Å². The van der Waals surface area contributed by atoms with Gasteiger partial charge in [0.15, 0.2) is 0 Å². The van der Waals surface area contributed by atoms with E-state index in [2.05, 4.69) is 5.32 Å². The molecule has 0 aliphatic carbocycles. The summed E-state index contributed by atoms with van der Waals surface area (Å²) >= 11 is 1.48. The van der Waals surface area contributed by atoms with Crippen LogP contribution in [0.5, 0.6) is 11.5 Å². The maximum Gasteiger partial charge on any atom is 0.330 e. The lowest BCUT2D eigenvalue weighted by atomic mass is 10.00. The Balaban J connectivity index is 2.10. The number of nitrogens with one attached hydrogen (secondary N) is 1. The highest BCUT2D eigenvalue weighted by molar-refractivity contribution is 7.99. The standard InChI is InChI=1S/C21H30N2O7S/c1-13(18(24)23-9-10-31-12-21(23,2)20(27)28)22-16(19(25)26)7-5-14-11-15(29-3)6-8-17(14)30-4/h6,8,11,13,16,22H,5,7,9-10,12H2,1-4H3,(H,25,26)(H,27,28). The zero-order valence-corrected chi connectivity index (χ0v) is 19.0. The summed E-state index contributed by atoms with van der Waals surface area (Å²) in [6.07, 6.45) is 0.598. The van der Waals surface area contributed by atoms with Crippen LogP contribution in [0.2, 0.25) is 0 Å². The van der Waals surface area contributed by atoms with Crippen molar-refractivity contribution in [1.29, 1.82) is 0 Å². The molecular formula is C21H30N2O7S. The summed E-state index contributed by atoms with van der Waals surface area (Å²) in [7, 11) is 3.08. The first-order valence-electron chi connectivity index (χ1n) is 9.96. The normalized spacial score (nSPS) is 20.6. The number of carbonyl (C=O) groups is 3. The molecule has 172 valence electrons. The van der Waals surface area contributed by atoms with Gasteiger partial charge in [0.05, 0.1) is 20.3 Å². The van der Waals surface area contributed by atoms with Crippen molar-refractivity contribution in [2.24, 2.45) is 0 Å². The van der Waals surface area contributed by atoms with Gasteiger partial charge in [0.2, 0.25) is 5.91 Å². The zero-order chi connectivity index (χ0) is 23.2. The monoisotopic (exact) mass is 454 g/mol. The Bertz CT molecular complexity index is 819. The molecule has 1 amide bonds. The van der Waals surface area contributed by atoms with Crippen LogP contribution in [0, 0.1) is 0 Å². The van der Waals surface area contributed by atoms with E-state index in [0.717, 1.165) is 5.56 Å². The lowest BCUT2D eigenvalue weighted by molar-refractivity contribution is -0.157. The van der Waals surface area contributed by atoms with E-state index in [1.54, 1.807) is 32.2 Å². The number of carboxylic acids is 2. The van der Waals surface area contributed by atoms with Crippen LogP contribution < -0.4 is 14.8 Å². The number of benzene rings is 1. The van der Waals surface area contributed by atoms with Gasteiger partial charge in [-0.25, -0.2) is 4.79 Å². The number of hydrogen-bond acceptors (Lipinski definition) is 7. The highest BCUT2D eigenvalue weighted by Crippen LogP contribution is 2.28. The number of hydrogen-bond donors (Lipinski definition) is 3. The minimum Gasteiger partial charge on any atom is -0.497 e. The molecule has 3 atom stereocenters. The van der Waals surface area contributed by atoms with Gasteiger partial charge in [0, 0.05) is 18.1 Å². The number of carboxylic acid groups (broad SMARTS) is 2. The molecule has 10 heteroatoms. The van der Waals surface area contributed by atoms with E-state index >= 15 is 0 Å². The molecule has 3 N–H and O–H groups in total. The largest absolute Gasteiger partial charge is 0.497 e. The fourth-order valence-electron chi connectivity index (χ4n) is 3.54. The molecule has 3 unspecified atom stereocenters. The third-order valence-electron chi connectivity index (χ3n) is 5.47. The second-order valence-corrected chi connectivity index (χ2v) is 8.72. The van der Waals surface area contributed by atoms with Gasteiger partial charge < -0.3 is 24.6 Å². The summed E-state index contributed by atoms with van der Waals surface area (Å²) in [6, 6.07) is 3.45. The molecule has 0 bridgehead atoms. The van der Waals surface area contributed by atoms with Gasteiger partial charge in [-0.2, -0.15) is 11.8 Å². The topological polar surface area (TPSA) is 125 Å². The predicted octanol–water partition coefficient (Wildman–Crippen LogP) is 1.49. The van der Waals surface area contributed by atoms with Crippen molar-refractivity contribution in [3.63, 3.8) is 0 Å². The number of ether oxygens (including phenoxy) is 2. The van der Waals surface area contributed by atoms with E-state index in [1.165, 1.54) is 30.7 Å². The highest BCUT2D eigenvalue weighted by Gasteiger charge is 2.45. The molecule has 9 nitrogen and oxygen atoms in total. The minimum atomic E-state index is -1.32. The summed E-state index contributed by atoms with van der Waals surface area (Å²) in [6.45, 7) is 3.39. The Labute approximate surface area is 186 Å². The lowest BCUT2D eigenvalue weighted by Crippen LogP contribution is -2.63. The van der Waals surface area contributed by atoms with Crippen LogP contribution in [0.1, 0.15) is 25.8 Å². The zero-order valence-electron chi connectivity index (χ0n) is 18.2. The first kappa shape index (κ1) is 24.8. The van der Waals surface area contributed by atoms with Gasteiger partial charge in [-0.3, -0.25) is 14.9 Å². The SMILES string of the molecule is COc1ccc(OC)c(CCC(NC(C)C(=O)N2CCSCC2(C)C(=O)O)C(=O)O)c1. The van der Waals surface area contributed by atoms with Gasteiger partial charge in [-0.15, -0.1) is 0 Å². The van der Waals surface area contributed by atoms with Crippen LogP contribution >= 0.6 is 11.8 Å². The van der Waals surface area contributed by atoms with Crippen LogP contribution in [0.15, 0.2) is 18.2 Å². The van der Waals surface area contributed by atoms with Gasteiger partial charge in [-0.1, -0.05) is 0 Å². The number of methoxy groups -OCH3 is 2. The van der Waals surface area contributed by atoms with E-state index in [1.807, 2.05) is 0 Å². The Morgan fingerprint density at radius 3 is 2.55 bits per heavy atom. The van der Waals surface area contributed by atoms with E-state index in [-0.39, 0.29) is 6.42 Å². The van der Waals surface area contributed by atoms with Gasteiger partial charge in [0.1, 0.15) is 23.1 Å².